The van der Waals surface area contributed by atoms with E-state index in [4.69, 9.17) is 0 Å². The van der Waals surface area contributed by atoms with Crippen molar-refractivity contribution in [3.63, 3.8) is 0 Å². The predicted molar refractivity (Wildman–Crippen MR) is 61.4 cm³/mol. The van der Waals surface area contributed by atoms with E-state index < -0.39 is 11.9 Å². The van der Waals surface area contributed by atoms with Crippen LogP contribution in [-0.2, 0) is 7.05 Å². The number of nitrogens with zero attached hydrogens (tertiary/aromatic N) is 2. The molecule has 0 spiro atoms. The van der Waals surface area contributed by atoms with Gasteiger partial charge in [0.1, 0.15) is 17.7 Å². The fourth-order valence-corrected chi connectivity index (χ4v) is 1.99. The lowest BCUT2D eigenvalue weighted by Crippen LogP contribution is -2.08. The van der Waals surface area contributed by atoms with Crippen molar-refractivity contribution in [2.75, 3.05) is 0 Å². The van der Waals surface area contributed by atoms with Crippen molar-refractivity contribution in [3.8, 4) is 0 Å². The Morgan fingerprint density at radius 2 is 2.25 bits per heavy atom. The molecule has 84 valence electrons. The topological polar surface area (TPSA) is 38.0 Å². The molecule has 0 amide bonds. The van der Waals surface area contributed by atoms with Crippen LogP contribution in [0.4, 0.5) is 4.39 Å². The average molecular weight is 285 g/mol. The highest BCUT2D eigenvalue weighted by molar-refractivity contribution is 9.10. The van der Waals surface area contributed by atoms with Crippen molar-refractivity contribution in [2.24, 2.45) is 7.05 Å². The van der Waals surface area contributed by atoms with Crippen molar-refractivity contribution in [2.45, 2.75) is 6.10 Å². The molecule has 1 aromatic carbocycles. The lowest BCUT2D eigenvalue weighted by atomic mass is 10.1. The second-order valence-corrected chi connectivity index (χ2v) is 4.23. The van der Waals surface area contributed by atoms with Crippen molar-refractivity contribution < 1.29 is 9.50 Å². The van der Waals surface area contributed by atoms with Gasteiger partial charge in [0, 0.05) is 25.0 Å². The van der Waals surface area contributed by atoms with Gasteiger partial charge in [0.15, 0.2) is 0 Å². The largest absolute Gasteiger partial charge is 0.380 e. The number of aliphatic hydroxyl groups is 1. The second kappa shape index (κ2) is 4.35. The van der Waals surface area contributed by atoms with Crippen LogP contribution in [0.15, 0.2) is 35.1 Å². The normalized spacial score (nSPS) is 12.8. The van der Waals surface area contributed by atoms with Gasteiger partial charge < -0.3 is 9.67 Å². The van der Waals surface area contributed by atoms with Crippen LogP contribution in [-0.4, -0.2) is 14.7 Å². The molecule has 0 saturated carbocycles. The minimum atomic E-state index is -0.940. The van der Waals surface area contributed by atoms with Gasteiger partial charge in [-0.2, -0.15) is 0 Å². The summed E-state index contributed by atoms with van der Waals surface area (Å²) in [6, 6.07) is 4.55. The first-order valence-corrected chi connectivity index (χ1v) is 5.49. The van der Waals surface area contributed by atoms with Crippen molar-refractivity contribution >= 4 is 15.9 Å². The second-order valence-electron chi connectivity index (χ2n) is 3.44. The summed E-state index contributed by atoms with van der Waals surface area (Å²) in [6.45, 7) is 0. The summed E-state index contributed by atoms with van der Waals surface area (Å²) >= 11 is 3.12. The third-order valence-corrected chi connectivity index (χ3v) is 3.22. The highest BCUT2D eigenvalue weighted by Gasteiger charge is 2.18. The monoisotopic (exact) mass is 284 g/mol. The molecule has 2 rings (SSSR count). The Kier molecular flexibility index (Phi) is 3.07. The fraction of sp³-hybridized carbons (Fsp3) is 0.182. The number of benzene rings is 1. The summed E-state index contributed by atoms with van der Waals surface area (Å²) < 4.78 is 15.3. The summed E-state index contributed by atoms with van der Waals surface area (Å²) in [7, 11) is 1.78. The first kappa shape index (κ1) is 11.3. The third-order valence-electron chi connectivity index (χ3n) is 2.38. The number of aromatic nitrogens is 2. The van der Waals surface area contributed by atoms with Gasteiger partial charge in [0.05, 0.1) is 4.47 Å². The summed E-state index contributed by atoms with van der Waals surface area (Å²) in [6.07, 6.45) is 2.38. The molecule has 1 heterocycles. The van der Waals surface area contributed by atoms with Crippen molar-refractivity contribution in [3.05, 3.63) is 52.3 Å². The molecular formula is C11H10BrFN2O. The quantitative estimate of drug-likeness (QED) is 0.920. The maximum absolute atomic E-state index is 13.3. The summed E-state index contributed by atoms with van der Waals surface area (Å²) in [5.41, 5.74) is 0.467. The number of rotatable bonds is 2. The predicted octanol–water partition coefficient (Wildman–Crippen LogP) is 2.40. The minimum Gasteiger partial charge on any atom is -0.380 e. The summed E-state index contributed by atoms with van der Waals surface area (Å²) in [5, 5.41) is 10.1. The fourth-order valence-electron chi connectivity index (χ4n) is 1.51. The zero-order chi connectivity index (χ0) is 11.7. The standard InChI is InChI=1S/C11H10BrFN2O/c1-15-6-5-14-11(15)10(16)7-3-2-4-8(13)9(7)12/h2-6,10,16H,1H3. The van der Waals surface area contributed by atoms with Gasteiger partial charge in [-0.05, 0) is 22.0 Å². The maximum Gasteiger partial charge on any atom is 0.142 e. The smallest absolute Gasteiger partial charge is 0.142 e. The lowest BCUT2D eigenvalue weighted by Gasteiger charge is -2.12. The van der Waals surface area contributed by atoms with Gasteiger partial charge in [0.25, 0.3) is 0 Å². The molecular weight excluding hydrogens is 275 g/mol. The van der Waals surface area contributed by atoms with E-state index in [1.54, 1.807) is 36.1 Å². The van der Waals surface area contributed by atoms with E-state index in [0.717, 1.165) is 0 Å². The Balaban J connectivity index is 2.46. The highest BCUT2D eigenvalue weighted by Crippen LogP contribution is 2.29. The minimum absolute atomic E-state index is 0.269. The molecule has 1 aromatic heterocycles. The zero-order valence-corrected chi connectivity index (χ0v) is 10.1. The number of aliphatic hydroxyl groups excluding tert-OH is 1. The van der Waals surface area contributed by atoms with Crippen LogP contribution in [0.2, 0.25) is 0 Å². The molecule has 0 radical (unpaired) electrons. The van der Waals surface area contributed by atoms with E-state index in [9.17, 15) is 9.50 Å². The number of halogens is 2. The Hall–Kier alpha value is -1.20. The number of aryl methyl sites for hydroxylation is 1. The van der Waals surface area contributed by atoms with Crippen LogP contribution < -0.4 is 0 Å². The van der Waals surface area contributed by atoms with E-state index in [2.05, 4.69) is 20.9 Å². The molecule has 16 heavy (non-hydrogen) atoms. The van der Waals surface area contributed by atoms with Gasteiger partial charge in [-0.15, -0.1) is 0 Å². The number of hydrogen-bond acceptors (Lipinski definition) is 2. The Bertz CT molecular complexity index is 512. The first-order valence-electron chi connectivity index (χ1n) is 4.70. The van der Waals surface area contributed by atoms with E-state index >= 15 is 0 Å². The van der Waals surface area contributed by atoms with Gasteiger partial charge in [-0.1, -0.05) is 12.1 Å². The van der Waals surface area contributed by atoms with Crippen LogP contribution in [0.3, 0.4) is 0 Å². The van der Waals surface area contributed by atoms with Crippen LogP contribution in [0.1, 0.15) is 17.5 Å². The van der Waals surface area contributed by atoms with E-state index in [1.165, 1.54) is 6.07 Å². The molecule has 0 aliphatic carbocycles. The van der Waals surface area contributed by atoms with Crippen molar-refractivity contribution in [1.82, 2.24) is 9.55 Å². The molecule has 1 unspecified atom stereocenters. The molecule has 3 nitrogen and oxygen atoms in total. The average Bonchev–Trinajstić information content (AvgIpc) is 2.68. The molecule has 1 atom stereocenters. The number of hydrogen-bond donors (Lipinski definition) is 1. The Morgan fingerprint density at radius 1 is 1.50 bits per heavy atom. The SMILES string of the molecule is Cn1ccnc1C(O)c1cccc(F)c1Br. The van der Waals surface area contributed by atoms with Crippen LogP contribution in [0, 0.1) is 5.82 Å². The van der Waals surface area contributed by atoms with E-state index in [-0.39, 0.29) is 4.47 Å². The van der Waals surface area contributed by atoms with Crippen LogP contribution >= 0.6 is 15.9 Å². The summed E-state index contributed by atoms with van der Waals surface area (Å²) in [5.74, 6) is 0.0806. The highest BCUT2D eigenvalue weighted by atomic mass is 79.9. The molecule has 5 heteroatoms. The van der Waals surface area contributed by atoms with Gasteiger partial charge in [-0.25, -0.2) is 9.37 Å². The Morgan fingerprint density at radius 3 is 2.88 bits per heavy atom. The zero-order valence-electron chi connectivity index (χ0n) is 8.56. The van der Waals surface area contributed by atoms with E-state index in [1.807, 2.05) is 0 Å². The first-order chi connectivity index (χ1) is 7.61. The lowest BCUT2D eigenvalue weighted by molar-refractivity contribution is 0.205. The number of imidazole rings is 1. The third kappa shape index (κ3) is 1.88. The molecule has 0 saturated heterocycles. The maximum atomic E-state index is 13.3. The van der Waals surface area contributed by atoms with E-state index in [0.29, 0.717) is 11.4 Å². The van der Waals surface area contributed by atoms with Gasteiger partial charge in [0.2, 0.25) is 0 Å². The Labute approximate surface area is 101 Å². The molecule has 0 aliphatic rings. The van der Waals surface area contributed by atoms with Crippen LogP contribution in [0.5, 0.6) is 0 Å². The molecule has 1 N–H and O–H groups in total. The molecule has 0 fully saturated rings. The molecule has 2 aromatic rings. The molecule has 0 aliphatic heterocycles. The van der Waals surface area contributed by atoms with Gasteiger partial charge >= 0.3 is 0 Å². The van der Waals surface area contributed by atoms with Crippen molar-refractivity contribution in [1.29, 1.82) is 0 Å². The molecule has 0 bridgehead atoms. The van der Waals surface area contributed by atoms with Gasteiger partial charge in [-0.3, -0.25) is 0 Å². The van der Waals surface area contributed by atoms with Crippen LogP contribution in [0.25, 0.3) is 0 Å². The summed E-state index contributed by atoms with van der Waals surface area (Å²) in [4.78, 5) is 4.03.